The van der Waals surface area contributed by atoms with Gasteiger partial charge in [0, 0.05) is 22.9 Å². The zero-order valence-corrected chi connectivity index (χ0v) is 16.5. The molecule has 0 aliphatic heterocycles. The van der Waals surface area contributed by atoms with Crippen LogP contribution in [0.15, 0.2) is 67.0 Å². The zero-order chi connectivity index (χ0) is 21.3. The molecule has 0 radical (unpaired) electrons. The molecule has 0 atom stereocenters. The summed E-state index contributed by atoms with van der Waals surface area (Å²) in [6.45, 7) is 1.83. The third-order valence-corrected chi connectivity index (χ3v) is 4.89. The number of benzene rings is 3. The number of carbonyl (C=O) groups excluding carboxylic acids is 1. The molecule has 0 amide bonds. The van der Waals surface area contributed by atoms with E-state index >= 15 is 0 Å². The van der Waals surface area contributed by atoms with Crippen molar-refractivity contribution in [2.45, 2.75) is 6.92 Å². The van der Waals surface area contributed by atoms with Crippen LogP contribution in [0.5, 0.6) is 0 Å². The van der Waals surface area contributed by atoms with Crippen molar-refractivity contribution in [1.82, 2.24) is 15.0 Å². The number of hydrogen-bond acceptors (Lipinski definition) is 4. The van der Waals surface area contributed by atoms with Gasteiger partial charge in [-0.15, -0.1) is 5.10 Å². The summed E-state index contributed by atoms with van der Waals surface area (Å²) in [6.07, 6.45) is 3.23. The van der Waals surface area contributed by atoms with E-state index in [1.165, 1.54) is 12.1 Å². The fraction of sp³-hybridized carbons (Fsp3) is 0.0455. The lowest BCUT2D eigenvalue weighted by atomic mass is 9.98. The number of nitrogens with one attached hydrogen (secondary N) is 1. The first kappa shape index (κ1) is 19.7. The van der Waals surface area contributed by atoms with E-state index in [0.717, 1.165) is 17.7 Å². The number of anilines is 2. The first-order chi connectivity index (χ1) is 14.4. The molecule has 0 unspecified atom stereocenters. The Morgan fingerprint density at radius 2 is 1.87 bits per heavy atom. The maximum atomic E-state index is 13.9. The molecule has 0 bridgehead atoms. The van der Waals surface area contributed by atoms with Gasteiger partial charge in [-0.05, 0) is 55.0 Å². The lowest BCUT2D eigenvalue weighted by molar-refractivity contribution is 0.103. The van der Waals surface area contributed by atoms with E-state index in [4.69, 9.17) is 11.6 Å². The normalized spacial score (nSPS) is 10.8. The van der Waals surface area contributed by atoms with Crippen molar-refractivity contribution in [3.63, 3.8) is 0 Å². The summed E-state index contributed by atoms with van der Waals surface area (Å²) >= 11 is 6.35. The zero-order valence-electron chi connectivity index (χ0n) is 15.7. The lowest BCUT2D eigenvalue weighted by Crippen LogP contribution is -2.07. The second-order valence-corrected chi connectivity index (χ2v) is 7.03. The highest BCUT2D eigenvalue weighted by Crippen LogP contribution is 2.28. The van der Waals surface area contributed by atoms with Gasteiger partial charge in [0.05, 0.1) is 28.8 Å². The Bertz CT molecular complexity index is 1240. The van der Waals surface area contributed by atoms with Crippen LogP contribution in [0.4, 0.5) is 20.2 Å². The molecule has 0 spiro atoms. The summed E-state index contributed by atoms with van der Waals surface area (Å²) in [5, 5.41) is 10.7. The number of nitrogens with zero attached hydrogens (tertiary/aromatic N) is 3. The van der Waals surface area contributed by atoms with Crippen LogP contribution in [0.1, 0.15) is 21.5 Å². The molecule has 3 aromatic carbocycles. The monoisotopic (exact) mass is 424 g/mol. The van der Waals surface area contributed by atoms with Gasteiger partial charge in [-0.1, -0.05) is 22.9 Å². The average Bonchev–Trinajstić information content (AvgIpc) is 3.25. The van der Waals surface area contributed by atoms with Gasteiger partial charge in [0.2, 0.25) is 0 Å². The van der Waals surface area contributed by atoms with Gasteiger partial charge < -0.3 is 5.32 Å². The van der Waals surface area contributed by atoms with E-state index in [9.17, 15) is 13.6 Å². The number of halogens is 3. The number of ketones is 1. The molecule has 0 saturated heterocycles. The topological polar surface area (TPSA) is 59.8 Å². The Morgan fingerprint density at radius 1 is 1.03 bits per heavy atom. The summed E-state index contributed by atoms with van der Waals surface area (Å²) in [5.41, 5.74) is 2.84. The maximum Gasteiger partial charge on any atom is 0.194 e. The predicted molar refractivity (Wildman–Crippen MR) is 111 cm³/mol. The highest BCUT2D eigenvalue weighted by atomic mass is 35.5. The van der Waals surface area contributed by atoms with Gasteiger partial charge in [0.1, 0.15) is 11.6 Å². The second-order valence-electron chi connectivity index (χ2n) is 6.62. The minimum Gasteiger partial charge on any atom is -0.353 e. The van der Waals surface area contributed by atoms with Gasteiger partial charge in [0.25, 0.3) is 0 Å². The highest BCUT2D eigenvalue weighted by molar-refractivity contribution is 6.35. The molecular weight excluding hydrogens is 410 g/mol. The summed E-state index contributed by atoms with van der Waals surface area (Å²) in [4.78, 5) is 13.1. The summed E-state index contributed by atoms with van der Waals surface area (Å²) in [6, 6.07) is 13.3. The van der Waals surface area contributed by atoms with E-state index in [2.05, 4.69) is 15.6 Å². The van der Waals surface area contributed by atoms with Crippen LogP contribution in [0.3, 0.4) is 0 Å². The standard InChI is InChI=1S/C22H15ClF2N4O/c1-13-2-5-16(29-9-8-26-28-29)12-18(13)22(30)17-6-4-15(11-19(17)23)27-21-7-3-14(24)10-20(21)25/h2-12,27H,1H3. The first-order valence-electron chi connectivity index (χ1n) is 8.96. The molecule has 5 nitrogen and oxygen atoms in total. The van der Waals surface area contributed by atoms with Gasteiger partial charge in [-0.25, -0.2) is 13.5 Å². The smallest absolute Gasteiger partial charge is 0.194 e. The van der Waals surface area contributed by atoms with E-state index in [1.807, 2.05) is 19.1 Å². The van der Waals surface area contributed by atoms with Crippen LogP contribution < -0.4 is 5.32 Å². The third kappa shape index (κ3) is 3.92. The van der Waals surface area contributed by atoms with Crippen molar-refractivity contribution in [1.29, 1.82) is 0 Å². The van der Waals surface area contributed by atoms with E-state index in [0.29, 0.717) is 22.5 Å². The maximum absolute atomic E-state index is 13.9. The Kier molecular flexibility index (Phi) is 5.29. The number of carbonyl (C=O) groups is 1. The SMILES string of the molecule is Cc1ccc(-n2ccnn2)cc1C(=O)c1ccc(Nc2ccc(F)cc2F)cc1Cl. The number of aromatic nitrogens is 3. The van der Waals surface area contributed by atoms with E-state index < -0.39 is 11.6 Å². The van der Waals surface area contributed by atoms with Gasteiger partial charge in [-0.2, -0.15) is 0 Å². The predicted octanol–water partition coefficient (Wildman–Crippen LogP) is 5.48. The minimum atomic E-state index is -0.730. The Labute approximate surface area is 175 Å². The van der Waals surface area contributed by atoms with Crippen molar-refractivity contribution in [2.24, 2.45) is 0 Å². The Morgan fingerprint density at radius 3 is 2.57 bits per heavy atom. The molecule has 0 aliphatic carbocycles. The number of aryl methyl sites for hydroxylation is 1. The summed E-state index contributed by atoms with van der Waals surface area (Å²) < 4.78 is 28.5. The van der Waals surface area contributed by atoms with Crippen molar-refractivity contribution in [3.05, 3.63) is 100 Å². The molecule has 150 valence electrons. The molecule has 0 aliphatic rings. The molecule has 4 rings (SSSR count). The lowest BCUT2D eigenvalue weighted by Gasteiger charge is -2.12. The van der Waals surface area contributed by atoms with Crippen LogP contribution in [0.25, 0.3) is 5.69 Å². The van der Waals surface area contributed by atoms with Crippen LogP contribution in [0, 0.1) is 18.6 Å². The molecule has 30 heavy (non-hydrogen) atoms. The van der Waals surface area contributed by atoms with E-state index in [1.54, 1.807) is 35.3 Å². The number of rotatable bonds is 5. The summed E-state index contributed by atoms with van der Waals surface area (Å²) in [5.74, 6) is -1.65. The molecule has 4 aromatic rings. The molecule has 0 fully saturated rings. The molecule has 1 N–H and O–H groups in total. The number of hydrogen-bond donors (Lipinski definition) is 1. The molecular formula is C22H15ClF2N4O. The van der Waals surface area contributed by atoms with Crippen molar-refractivity contribution in [2.75, 3.05) is 5.32 Å². The molecule has 1 heterocycles. The Balaban J connectivity index is 1.63. The summed E-state index contributed by atoms with van der Waals surface area (Å²) in [7, 11) is 0. The van der Waals surface area contributed by atoms with Crippen molar-refractivity contribution >= 4 is 28.8 Å². The van der Waals surface area contributed by atoms with Crippen LogP contribution in [-0.4, -0.2) is 20.8 Å². The minimum absolute atomic E-state index is 0.0999. The van der Waals surface area contributed by atoms with Gasteiger partial charge >= 0.3 is 0 Å². The Hall–Kier alpha value is -3.58. The second kappa shape index (κ2) is 8.04. The molecule has 1 aromatic heterocycles. The fourth-order valence-corrected chi connectivity index (χ4v) is 3.28. The quantitative estimate of drug-likeness (QED) is 0.431. The van der Waals surface area contributed by atoms with Crippen LogP contribution in [0.2, 0.25) is 5.02 Å². The average molecular weight is 425 g/mol. The largest absolute Gasteiger partial charge is 0.353 e. The highest BCUT2D eigenvalue weighted by Gasteiger charge is 2.17. The van der Waals surface area contributed by atoms with Crippen molar-refractivity contribution < 1.29 is 13.6 Å². The van der Waals surface area contributed by atoms with Gasteiger partial charge in [-0.3, -0.25) is 4.79 Å². The molecule has 8 heteroatoms. The van der Waals surface area contributed by atoms with Gasteiger partial charge in [0.15, 0.2) is 5.78 Å². The van der Waals surface area contributed by atoms with Crippen molar-refractivity contribution in [3.8, 4) is 5.69 Å². The third-order valence-electron chi connectivity index (χ3n) is 4.58. The fourth-order valence-electron chi connectivity index (χ4n) is 3.01. The van der Waals surface area contributed by atoms with Crippen LogP contribution >= 0.6 is 11.6 Å². The van der Waals surface area contributed by atoms with E-state index in [-0.39, 0.29) is 16.5 Å². The molecule has 0 saturated carbocycles. The first-order valence-corrected chi connectivity index (χ1v) is 9.34. The van der Waals surface area contributed by atoms with Crippen LogP contribution in [-0.2, 0) is 0 Å².